The van der Waals surface area contributed by atoms with E-state index in [-0.39, 0.29) is 0 Å². The minimum absolute atomic E-state index is 0.493. The number of hydrogen-bond donors (Lipinski definition) is 0. The van der Waals surface area contributed by atoms with Crippen LogP contribution in [0.3, 0.4) is 0 Å². The van der Waals surface area contributed by atoms with Gasteiger partial charge in [-0.1, -0.05) is 0 Å². The molecule has 0 aliphatic carbocycles. The predicted octanol–water partition coefficient (Wildman–Crippen LogP) is 3.95. The minimum Gasteiger partial charge on any atom is -0.176 e. The lowest BCUT2D eigenvalue weighted by Gasteiger charge is -2.08. The van der Waals surface area contributed by atoms with Crippen molar-refractivity contribution in [3.05, 3.63) is 0 Å². The Morgan fingerprint density at radius 2 is 1.00 bits per heavy atom. The minimum atomic E-state index is -3.71. The summed E-state index contributed by atoms with van der Waals surface area (Å²) in [6.07, 6.45) is 0. The van der Waals surface area contributed by atoms with Crippen LogP contribution in [0.1, 0.15) is 0 Å². The monoisotopic (exact) mass is 234 g/mol. The van der Waals surface area contributed by atoms with Crippen LogP contribution < -0.4 is 0 Å². The summed E-state index contributed by atoms with van der Waals surface area (Å²) in [7, 11) is -0.985. The van der Waals surface area contributed by atoms with Gasteiger partial charge < -0.3 is 0 Å². The fourth-order valence-electron chi connectivity index (χ4n) is 0.0945. The zero-order chi connectivity index (χ0) is 8.41. The van der Waals surface area contributed by atoms with Gasteiger partial charge in [-0.05, 0) is 23.2 Å². The summed E-state index contributed by atoms with van der Waals surface area (Å²) < 4.78 is 38.9. The van der Waals surface area contributed by atoms with E-state index in [2.05, 4.69) is 23.2 Å². The highest BCUT2D eigenvalue weighted by atomic mass is 35.5. The van der Waals surface area contributed by atoms with E-state index in [1.54, 1.807) is 0 Å². The molecule has 0 radical (unpaired) electrons. The lowest BCUT2D eigenvalue weighted by Crippen LogP contribution is -2.00. The maximum atomic E-state index is 11.6. The van der Waals surface area contributed by atoms with E-state index in [1.807, 2.05) is 0 Å². The molecule has 62 valence electrons. The molecule has 0 aromatic carbocycles. The molecule has 0 aromatic heterocycles. The maximum absolute atomic E-state index is 11.6. The summed E-state index contributed by atoms with van der Waals surface area (Å²) in [5, 5.41) is 0. The van der Waals surface area contributed by atoms with E-state index in [1.165, 1.54) is 0 Å². The zero-order valence-electron chi connectivity index (χ0n) is 4.08. The van der Waals surface area contributed by atoms with Crippen LogP contribution in [0.15, 0.2) is 0 Å². The highest BCUT2D eigenvalue weighted by molar-refractivity contribution is 8.78. The van der Waals surface area contributed by atoms with Crippen LogP contribution in [0.25, 0.3) is 0 Å². The summed E-state index contributed by atoms with van der Waals surface area (Å²) in [6.45, 7) is 0. The highest BCUT2D eigenvalue weighted by Gasteiger charge is 2.35. The molecule has 0 fully saturated rings. The predicted molar refractivity (Wildman–Crippen MR) is 36.8 cm³/mol. The van der Waals surface area contributed by atoms with Crippen molar-refractivity contribution >= 4 is 44.8 Å². The molecule has 0 atom stereocenters. The first-order chi connectivity index (χ1) is 4.21. The molecule has 0 heterocycles. The van der Waals surface area contributed by atoms with Crippen molar-refractivity contribution in [2.24, 2.45) is 0 Å². The number of alkyl halides is 6. The quantitative estimate of drug-likeness (QED) is 0.412. The Morgan fingerprint density at radius 1 is 0.800 bits per heavy atom. The van der Waals surface area contributed by atoms with Crippen molar-refractivity contribution in [1.29, 1.82) is 0 Å². The summed E-state index contributed by atoms with van der Waals surface area (Å²) in [5.74, 6) is 0. The second-order valence-corrected chi connectivity index (χ2v) is 4.81. The van der Waals surface area contributed by atoms with Crippen LogP contribution in [-0.4, -0.2) is 9.43 Å². The smallest absolute Gasteiger partial charge is 0.176 e. The van der Waals surface area contributed by atoms with E-state index in [4.69, 9.17) is 0 Å². The summed E-state index contributed by atoms with van der Waals surface area (Å²) in [5.41, 5.74) is 0. The topological polar surface area (TPSA) is 0 Å². The standard InChI is InChI=1S/C2Cl2F4S2/c3-1(5,6)9-10-2(4,7)8. The molecule has 10 heavy (non-hydrogen) atoms. The van der Waals surface area contributed by atoms with Crippen LogP contribution >= 0.6 is 44.8 Å². The van der Waals surface area contributed by atoms with Crippen LogP contribution in [0.5, 0.6) is 0 Å². The van der Waals surface area contributed by atoms with E-state index >= 15 is 0 Å². The lowest BCUT2D eigenvalue weighted by atomic mass is 11.6. The largest absolute Gasteiger partial charge is 0.381 e. The molecule has 0 amide bonds. The van der Waals surface area contributed by atoms with E-state index < -0.39 is 31.0 Å². The molecule has 0 rings (SSSR count). The van der Waals surface area contributed by atoms with Crippen molar-refractivity contribution in [3.63, 3.8) is 0 Å². The van der Waals surface area contributed by atoms with E-state index in [0.29, 0.717) is 0 Å². The van der Waals surface area contributed by atoms with Crippen LogP contribution in [-0.2, 0) is 0 Å². The van der Waals surface area contributed by atoms with Gasteiger partial charge in [-0.15, -0.1) is 0 Å². The van der Waals surface area contributed by atoms with Crippen molar-refractivity contribution in [2.75, 3.05) is 0 Å². The molecule has 8 heteroatoms. The summed E-state index contributed by atoms with van der Waals surface area (Å²) in [4.78, 5) is 0. The van der Waals surface area contributed by atoms with Gasteiger partial charge in [0, 0.05) is 21.6 Å². The van der Waals surface area contributed by atoms with Crippen LogP contribution in [0, 0.1) is 0 Å². The van der Waals surface area contributed by atoms with Crippen molar-refractivity contribution < 1.29 is 17.6 Å². The Morgan fingerprint density at radius 3 is 1.10 bits per heavy atom. The summed E-state index contributed by atoms with van der Waals surface area (Å²) >= 11 is 8.51. The molecule has 0 nitrogen and oxygen atoms in total. The number of rotatable bonds is 3. The zero-order valence-corrected chi connectivity index (χ0v) is 7.23. The molecule has 0 bridgehead atoms. The van der Waals surface area contributed by atoms with Crippen molar-refractivity contribution in [3.8, 4) is 0 Å². The van der Waals surface area contributed by atoms with E-state index in [9.17, 15) is 17.6 Å². The van der Waals surface area contributed by atoms with Gasteiger partial charge in [0.1, 0.15) is 0 Å². The average molecular weight is 235 g/mol. The summed E-state index contributed by atoms with van der Waals surface area (Å²) in [6, 6.07) is 0. The van der Waals surface area contributed by atoms with Gasteiger partial charge in [0.25, 0.3) is 0 Å². The SMILES string of the molecule is FC(F)(Cl)SSC(F)(F)Cl. The van der Waals surface area contributed by atoms with Crippen molar-refractivity contribution in [2.45, 2.75) is 9.43 Å². The van der Waals surface area contributed by atoms with Crippen LogP contribution in [0.2, 0.25) is 0 Å². The first-order valence-electron chi connectivity index (χ1n) is 1.71. The first-order valence-corrected chi connectivity index (χ1v) is 4.61. The molecule has 0 N–H and O–H groups in total. The second-order valence-electron chi connectivity index (χ2n) is 1.06. The van der Waals surface area contributed by atoms with Crippen LogP contribution in [0.4, 0.5) is 17.6 Å². The fraction of sp³-hybridized carbons (Fsp3) is 1.00. The molecular weight excluding hydrogens is 235 g/mol. The Hall–Kier alpha value is 1.000. The fourth-order valence-corrected chi connectivity index (χ4v) is 1.42. The molecular formula is C2Cl2F4S2. The lowest BCUT2D eigenvalue weighted by molar-refractivity contribution is 0.199. The maximum Gasteiger partial charge on any atom is 0.381 e. The highest BCUT2D eigenvalue weighted by Crippen LogP contribution is 2.50. The Kier molecular flexibility index (Phi) is 3.96. The van der Waals surface area contributed by atoms with Gasteiger partial charge in [-0.2, -0.15) is 17.6 Å². The van der Waals surface area contributed by atoms with Gasteiger partial charge in [-0.25, -0.2) is 0 Å². The Balaban J connectivity index is 3.56. The molecule has 0 unspecified atom stereocenters. The third-order valence-electron chi connectivity index (χ3n) is 0.231. The van der Waals surface area contributed by atoms with Gasteiger partial charge in [0.2, 0.25) is 0 Å². The first kappa shape index (κ1) is 11.0. The molecule has 0 aromatic rings. The van der Waals surface area contributed by atoms with Gasteiger partial charge in [-0.3, -0.25) is 0 Å². The molecule has 0 aliphatic rings. The third kappa shape index (κ3) is 9.00. The molecule has 0 saturated carbocycles. The molecule has 0 spiro atoms. The Labute approximate surface area is 72.0 Å². The number of hydrogen-bond acceptors (Lipinski definition) is 2. The van der Waals surface area contributed by atoms with Crippen molar-refractivity contribution in [1.82, 2.24) is 0 Å². The third-order valence-corrected chi connectivity index (χ3v) is 3.21. The van der Waals surface area contributed by atoms with Gasteiger partial charge in [0.05, 0.1) is 0 Å². The second kappa shape index (κ2) is 3.60. The number of halogens is 6. The Bertz CT molecular complexity index is 92.8. The molecule has 0 aliphatic heterocycles. The normalized spacial score (nSPS) is 13.8. The molecule has 0 saturated heterocycles. The van der Waals surface area contributed by atoms with Gasteiger partial charge >= 0.3 is 9.43 Å². The average Bonchev–Trinajstić information content (AvgIpc) is 1.57. The van der Waals surface area contributed by atoms with E-state index in [0.717, 1.165) is 0 Å². The van der Waals surface area contributed by atoms with Gasteiger partial charge in [0.15, 0.2) is 0 Å².